The average molecular weight is 239 g/mol. The fraction of sp³-hybridized carbons (Fsp3) is 0.538. The lowest BCUT2D eigenvalue weighted by atomic mass is 10.2. The molecule has 0 aliphatic rings. The van der Waals surface area contributed by atoms with Crippen molar-refractivity contribution < 1.29 is 14.2 Å². The molecule has 0 bridgehead atoms. The van der Waals surface area contributed by atoms with Crippen LogP contribution in [0.3, 0.4) is 0 Å². The second-order valence-corrected chi connectivity index (χ2v) is 3.64. The van der Waals surface area contributed by atoms with Gasteiger partial charge in [0.05, 0.1) is 26.4 Å². The van der Waals surface area contributed by atoms with Gasteiger partial charge in [-0.15, -0.1) is 0 Å². The summed E-state index contributed by atoms with van der Waals surface area (Å²) in [6.45, 7) is 4.59. The average Bonchev–Trinajstić information content (AvgIpc) is 2.37. The molecule has 0 saturated heterocycles. The van der Waals surface area contributed by atoms with Gasteiger partial charge >= 0.3 is 0 Å². The Labute approximate surface area is 103 Å². The molecule has 4 nitrogen and oxygen atoms in total. The van der Waals surface area contributed by atoms with E-state index in [-0.39, 0.29) is 6.29 Å². The minimum atomic E-state index is -0.223. The summed E-state index contributed by atoms with van der Waals surface area (Å²) >= 11 is 0. The molecule has 0 unspecified atom stereocenters. The molecular formula is C13H21NO3. The van der Waals surface area contributed by atoms with Crippen molar-refractivity contribution in [2.45, 2.75) is 19.8 Å². The summed E-state index contributed by atoms with van der Waals surface area (Å²) in [5.41, 5.74) is 6.48. The summed E-state index contributed by atoms with van der Waals surface area (Å²) in [4.78, 5) is 0. The standard InChI is InChI=1S/C13H21NO3/c1-12(16-8-7-14)17-10-9-15-11-13-5-3-2-4-6-13/h2-6,12H,7-11,14H2,1H3/t12-/m1/s1. The molecule has 1 aromatic rings. The van der Waals surface area contributed by atoms with E-state index < -0.39 is 0 Å². The molecule has 0 fully saturated rings. The van der Waals surface area contributed by atoms with Crippen LogP contribution in [0.5, 0.6) is 0 Å². The molecule has 2 N–H and O–H groups in total. The molecule has 4 heteroatoms. The lowest BCUT2D eigenvalue weighted by Crippen LogP contribution is -2.20. The van der Waals surface area contributed by atoms with Crippen LogP contribution in [0.4, 0.5) is 0 Å². The predicted octanol–water partition coefficient (Wildman–Crippen LogP) is 1.54. The van der Waals surface area contributed by atoms with Gasteiger partial charge in [0.1, 0.15) is 0 Å². The largest absolute Gasteiger partial charge is 0.374 e. The number of nitrogens with two attached hydrogens (primary N) is 1. The van der Waals surface area contributed by atoms with Gasteiger partial charge in [0.25, 0.3) is 0 Å². The second-order valence-electron chi connectivity index (χ2n) is 3.64. The Hall–Kier alpha value is -0.940. The van der Waals surface area contributed by atoms with E-state index in [1.807, 2.05) is 37.3 Å². The number of rotatable bonds is 9. The van der Waals surface area contributed by atoms with Crippen LogP contribution in [-0.4, -0.2) is 32.7 Å². The van der Waals surface area contributed by atoms with Gasteiger partial charge in [-0.2, -0.15) is 0 Å². The normalized spacial score (nSPS) is 12.6. The van der Waals surface area contributed by atoms with E-state index in [2.05, 4.69) is 0 Å². The molecule has 0 amide bonds. The summed E-state index contributed by atoms with van der Waals surface area (Å²) < 4.78 is 16.1. The highest BCUT2D eigenvalue weighted by Crippen LogP contribution is 2.00. The molecule has 0 aliphatic carbocycles. The zero-order valence-electron chi connectivity index (χ0n) is 10.3. The molecule has 0 aliphatic heterocycles. The summed E-state index contributed by atoms with van der Waals surface area (Å²) in [6.07, 6.45) is -0.223. The molecule has 1 rings (SSSR count). The molecule has 0 heterocycles. The Morgan fingerprint density at radius 3 is 2.47 bits per heavy atom. The van der Waals surface area contributed by atoms with Gasteiger partial charge in [0, 0.05) is 6.54 Å². The van der Waals surface area contributed by atoms with Crippen molar-refractivity contribution >= 4 is 0 Å². The number of hydrogen-bond donors (Lipinski definition) is 1. The van der Waals surface area contributed by atoms with E-state index in [9.17, 15) is 0 Å². The van der Waals surface area contributed by atoms with E-state index in [0.717, 1.165) is 0 Å². The number of hydrogen-bond acceptors (Lipinski definition) is 4. The van der Waals surface area contributed by atoms with Gasteiger partial charge in [-0.3, -0.25) is 0 Å². The number of ether oxygens (including phenoxy) is 3. The zero-order valence-corrected chi connectivity index (χ0v) is 10.3. The molecule has 96 valence electrons. The van der Waals surface area contributed by atoms with Crippen LogP contribution in [0.15, 0.2) is 30.3 Å². The first-order valence-electron chi connectivity index (χ1n) is 5.88. The monoisotopic (exact) mass is 239 g/mol. The van der Waals surface area contributed by atoms with Crippen LogP contribution in [0.1, 0.15) is 12.5 Å². The Bertz CT molecular complexity index is 279. The third-order valence-electron chi connectivity index (χ3n) is 2.16. The van der Waals surface area contributed by atoms with Crippen LogP contribution in [-0.2, 0) is 20.8 Å². The van der Waals surface area contributed by atoms with Crippen LogP contribution < -0.4 is 5.73 Å². The van der Waals surface area contributed by atoms with E-state index in [1.54, 1.807) is 0 Å². The Balaban J connectivity index is 1.97. The predicted molar refractivity (Wildman–Crippen MR) is 66.5 cm³/mol. The van der Waals surface area contributed by atoms with Crippen molar-refractivity contribution in [2.75, 3.05) is 26.4 Å². The smallest absolute Gasteiger partial charge is 0.154 e. The minimum Gasteiger partial charge on any atom is -0.374 e. The Morgan fingerprint density at radius 2 is 1.76 bits per heavy atom. The highest BCUT2D eigenvalue weighted by molar-refractivity contribution is 5.13. The van der Waals surface area contributed by atoms with Crippen molar-refractivity contribution in [3.63, 3.8) is 0 Å². The SMILES string of the molecule is C[C@H](OCCN)OCCOCc1ccccc1. The Kier molecular flexibility index (Phi) is 7.58. The highest BCUT2D eigenvalue weighted by Gasteiger charge is 2.00. The van der Waals surface area contributed by atoms with Gasteiger partial charge in [-0.1, -0.05) is 30.3 Å². The van der Waals surface area contributed by atoms with Crippen LogP contribution >= 0.6 is 0 Å². The third kappa shape index (κ3) is 7.07. The van der Waals surface area contributed by atoms with Gasteiger partial charge in [0.2, 0.25) is 0 Å². The van der Waals surface area contributed by atoms with Crippen LogP contribution in [0, 0.1) is 0 Å². The van der Waals surface area contributed by atoms with Crippen molar-refractivity contribution in [1.82, 2.24) is 0 Å². The van der Waals surface area contributed by atoms with Gasteiger partial charge in [-0.25, -0.2) is 0 Å². The quantitative estimate of drug-likeness (QED) is 0.524. The maximum atomic E-state index is 5.47. The molecule has 0 aromatic heterocycles. The minimum absolute atomic E-state index is 0.223. The van der Waals surface area contributed by atoms with E-state index in [1.165, 1.54) is 5.56 Å². The first-order chi connectivity index (χ1) is 8.33. The molecule has 0 radical (unpaired) electrons. The fourth-order valence-electron chi connectivity index (χ4n) is 1.32. The van der Waals surface area contributed by atoms with Gasteiger partial charge < -0.3 is 19.9 Å². The number of benzene rings is 1. The van der Waals surface area contributed by atoms with Crippen LogP contribution in [0.2, 0.25) is 0 Å². The molecular weight excluding hydrogens is 218 g/mol. The molecule has 17 heavy (non-hydrogen) atoms. The summed E-state index contributed by atoms with van der Waals surface area (Å²) in [7, 11) is 0. The van der Waals surface area contributed by atoms with Gasteiger partial charge in [0.15, 0.2) is 6.29 Å². The molecule has 0 spiro atoms. The van der Waals surface area contributed by atoms with Crippen LogP contribution in [0.25, 0.3) is 0 Å². The van der Waals surface area contributed by atoms with E-state index in [4.69, 9.17) is 19.9 Å². The second kappa shape index (κ2) is 9.13. The topological polar surface area (TPSA) is 53.7 Å². The van der Waals surface area contributed by atoms with E-state index in [0.29, 0.717) is 33.0 Å². The summed E-state index contributed by atoms with van der Waals surface area (Å²) in [5.74, 6) is 0. The summed E-state index contributed by atoms with van der Waals surface area (Å²) in [5, 5.41) is 0. The molecule has 1 atom stereocenters. The lowest BCUT2D eigenvalue weighted by molar-refractivity contribution is -0.138. The molecule has 0 saturated carbocycles. The first kappa shape index (κ1) is 14.1. The Morgan fingerprint density at radius 1 is 1.06 bits per heavy atom. The maximum Gasteiger partial charge on any atom is 0.154 e. The maximum absolute atomic E-state index is 5.47. The van der Waals surface area contributed by atoms with Crippen molar-refractivity contribution in [2.24, 2.45) is 5.73 Å². The van der Waals surface area contributed by atoms with E-state index >= 15 is 0 Å². The fourth-order valence-corrected chi connectivity index (χ4v) is 1.32. The van der Waals surface area contributed by atoms with Gasteiger partial charge in [-0.05, 0) is 12.5 Å². The third-order valence-corrected chi connectivity index (χ3v) is 2.16. The molecule has 1 aromatic carbocycles. The first-order valence-corrected chi connectivity index (χ1v) is 5.88. The highest BCUT2D eigenvalue weighted by atomic mass is 16.7. The zero-order chi connectivity index (χ0) is 12.3. The van der Waals surface area contributed by atoms with Crippen molar-refractivity contribution in [3.8, 4) is 0 Å². The van der Waals surface area contributed by atoms with Crippen molar-refractivity contribution in [1.29, 1.82) is 0 Å². The lowest BCUT2D eigenvalue weighted by Gasteiger charge is -2.13. The van der Waals surface area contributed by atoms with Crippen molar-refractivity contribution in [3.05, 3.63) is 35.9 Å². The summed E-state index contributed by atoms with van der Waals surface area (Å²) in [6, 6.07) is 10.1.